The average molecular weight is 216 g/mol. The molecule has 4 aliphatic rings. The second-order valence-corrected chi connectivity index (χ2v) is 6.33. The van der Waals surface area contributed by atoms with Gasteiger partial charge in [-0.05, 0) is 32.1 Å². The van der Waals surface area contributed by atoms with Crippen molar-refractivity contribution in [3.8, 4) is 0 Å². The van der Waals surface area contributed by atoms with Crippen LogP contribution in [-0.2, 0) is 19.7 Å². The van der Waals surface area contributed by atoms with Crippen LogP contribution in [0, 0.1) is 11.3 Å². The third-order valence-electron chi connectivity index (χ3n) is 4.88. The maximum Gasteiger partial charge on any atom is 0.305 e. The Balaban J connectivity index is 2.10. The fraction of sp³-hybridized carbons (Fsp3) is 1.00. The summed E-state index contributed by atoms with van der Waals surface area (Å²) < 4.78 is 22.5. The van der Waals surface area contributed by atoms with Crippen molar-refractivity contribution in [2.45, 2.75) is 51.2 Å². The van der Waals surface area contributed by atoms with Gasteiger partial charge >= 0.3 is 11.4 Å². The third-order valence-corrected chi connectivity index (χ3v) is 5.81. The Bertz CT molecular complexity index is 327. The molecule has 0 aromatic rings. The van der Waals surface area contributed by atoms with Gasteiger partial charge in [0.2, 0.25) is 0 Å². The highest BCUT2D eigenvalue weighted by molar-refractivity contribution is 7.75. The Labute approximate surface area is 87.0 Å². The van der Waals surface area contributed by atoms with Crippen LogP contribution in [0.15, 0.2) is 0 Å². The van der Waals surface area contributed by atoms with Gasteiger partial charge in [-0.15, -0.1) is 0 Å². The van der Waals surface area contributed by atoms with Gasteiger partial charge in [0.25, 0.3) is 0 Å². The second-order valence-electron chi connectivity index (χ2n) is 5.59. The minimum atomic E-state index is -1.53. The van der Waals surface area contributed by atoms with Crippen LogP contribution in [-0.4, -0.2) is 15.4 Å². The second kappa shape index (κ2) is 2.25. The van der Waals surface area contributed by atoms with Crippen LogP contribution < -0.4 is 0 Å². The molecule has 0 radical (unpaired) electrons. The lowest BCUT2D eigenvalue weighted by atomic mass is 9.41. The summed E-state index contributed by atoms with van der Waals surface area (Å²) >= 11 is -1.53. The van der Waals surface area contributed by atoms with Crippen molar-refractivity contribution in [1.29, 1.82) is 0 Å². The fourth-order valence-corrected chi connectivity index (χ4v) is 4.94. The summed E-state index contributed by atoms with van der Waals surface area (Å²) in [5.41, 5.74) is -0.490. The van der Waals surface area contributed by atoms with E-state index in [1.54, 1.807) is 0 Å². The van der Waals surface area contributed by atoms with E-state index in [4.69, 9.17) is 8.37 Å². The smallest absolute Gasteiger partial charge is 0.259 e. The van der Waals surface area contributed by atoms with Gasteiger partial charge in [-0.3, -0.25) is 8.37 Å². The van der Waals surface area contributed by atoms with E-state index >= 15 is 0 Å². The van der Waals surface area contributed by atoms with Gasteiger partial charge in [0.05, 0.1) is 0 Å². The molecule has 1 aliphatic heterocycles. The molecule has 80 valence electrons. The number of fused-ring (bicyclic) bond motifs is 1. The maximum absolute atomic E-state index is 11.4. The van der Waals surface area contributed by atoms with Crippen LogP contribution in [0.2, 0.25) is 0 Å². The van der Waals surface area contributed by atoms with Crippen molar-refractivity contribution in [1.82, 2.24) is 0 Å². The van der Waals surface area contributed by atoms with Gasteiger partial charge in [-0.2, -0.15) is 4.21 Å². The summed E-state index contributed by atoms with van der Waals surface area (Å²) in [6.07, 6.45) is 3.17. The molecule has 3 aliphatic carbocycles. The summed E-state index contributed by atoms with van der Waals surface area (Å²) in [5.74, 6) is 0.717. The Morgan fingerprint density at radius 1 is 1.29 bits per heavy atom. The highest BCUT2D eigenvalue weighted by Crippen LogP contribution is 2.70. The molecule has 1 saturated heterocycles. The largest absolute Gasteiger partial charge is 0.305 e. The molecule has 2 bridgehead atoms. The zero-order valence-electron chi connectivity index (χ0n) is 8.83. The minimum Gasteiger partial charge on any atom is -0.259 e. The lowest BCUT2D eigenvalue weighted by Crippen LogP contribution is -2.73. The van der Waals surface area contributed by atoms with Gasteiger partial charge in [0.15, 0.2) is 0 Å². The van der Waals surface area contributed by atoms with Crippen molar-refractivity contribution >= 4 is 11.4 Å². The van der Waals surface area contributed by atoms with E-state index in [9.17, 15) is 4.21 Å². The van der Waals surface area contributed by atoms with Crippen molar-refractivity contribution in [3.63, 3.8) is 0 Å². The first-order chi connectivity index (χ1) is 6.41. The Morgan fingerprint density at radius 3 is 2.57 bits per heavy atom. The van der Waals surface area contributed by atoms with Gasteiger partial charge < -0.3 is 0 Å². The molecule has 0 aromatic heterocycles. The summed E-state index contributed by atoms with van der Waals surface area (Å²) in [4.78, 5) is 0. The van der Waals surface area contributed by atoms with E-state index in [1.165, 1.54) is 6.42 Å². The number of rotatable bonds is 0. The van der Waals surface area contributed by atoms with E-state index in [0.29, 0.717) is 5.92 Å². The molecule has 4 atom stereocenters. The Hall–Kier alpha value is 0.0700. The van der Waals surface area contributed by atoms with E-state index in [0.717, 1.165) is 12.8 Å². The number of hydrogen-bond donors (Lipinski definition) is 0. The fourth-order valence-electron chi connectivity index (χ4n) is 3.70. The normalized spacial score (nSPS) is 59.1. The van der Waals surface area contributed by atoms with Crippen LogP contribution in [0.25, 0.3) is 0 Å². The SMILES string of the molecule is CC1(C)C2CC[C@@]3(C)OS(=O)O[C@@]13C2. The first-order valence-corrected chi connectivity index (χ1v) is 6.22. The molecule has 3 saturated carbocycles. The third kappa shape index (κ3) is 0.728. The lowest BCUT2D eigenvalue weighted by Gasteiger charge is -2.66. The lowest BCUT2D eigenvalue weighted by molar-refractivity contribution is -0.256. The van der Waals surface area contributed by atoms with E-state index in [1.807, 2.05) is 0 Å². The van der Waals surface area contributed by atoms with Crippen LogP contribution in [0.4, 0.5) is 0 Å². The Morgan fingerprint density at radius 2 is 2.00 bits per heavy atom. The first kappa shape index (κ1) is 9.31. The van der Waals surface area contributed by atoms with E-state index in [2.05, 4.69) is 20.8 Å². The summed E-state index contributed by atoms with van der Waals surface area (Å²) in [7, 11) is 0. The molecular weight excluding hydrogens is 200 g/mol. The first-order valence-electron chi connectivity index (χ1n) is 5.22. The zero-order valence-corrected chi connectivity index (χ0v) is 9.65. The topological polar surface area (TPSA) is 35.5 Å². The van der Waals surface area contributed by atoms with Crippen LogP contribution in [0.1, 0.15) is 40.0 Å². The maximum atomic E-state index is 11.4. The Kier molecular flexibility index (Phi) is 1.50. The standard InChI is InChI=1S/C10H16O3S/c1-8(2)7-4-5-9(3)10(8,6-7)13-14(11)12-9/h7H,4-6H2,1-3H3/t7?,9-,10+,14?/m1/s1. The van der Waals surface area contributed by atoms with Crippen LogP contribution >= 0.6 is 0 Å². The van der Waals surface area contributed by atoms with Gasteiger partial charge in [-0.25, -0.2) is 0 Å². The monoisotopic (exact) mass is 216 g/mol. The van der Waals surface area contributed by atoms with E-state index in [-0.39, 0.29) is 16.6 Å². The quantitative estimate of drug-likeness (QED) is 0.621. The predicted octanol–water partition coefficient (Wildman–Crippen LogP) is 1.95. The van der Waals surface area contributed by atoms with Crippen molar-refractivity contribution in [2.75, 3.05) is 0 Å². The summed E-state index contributed by atoms with van der Waals surface area (Å²) in [5, 5.41) is 0. The molecule has 1 spiro atoms. The summed E-state index contributed by atoms with van der Waals surface area (Å²) in [6, 6.07) is 0. The molecule has 0 amide bonds. The van der Waals surface area contributed by atoms with Crippen molar-refractivity contribution in [2.24, 2.45) is 11.3 Å². The van der Waals surface area contributed by atoms with Crippen LogP contribution in [0.3, 0.4) is 0 Å². The van der Waals surface area contributed by atoms with Crippen molar-refractivity contribution in [3.05, 3.63) is 0 Å². The summed E-state index contributed by atoms with van der Waals surface area (Å²) in [6.45, 7) is 6.48. The highest BCUT2D eigenvalue weighted by Gasteiger charge is 2.76. The van der Waals surface area contributed by atoms with Gasteiger partial charge in [-0.1, -0.05) is 13.8 Å². The van der Waals surface area contributed by atoms with Crippen molar-refractivity contribution < 1.29 is 12.6 Å². The molecule has 14 heavy (non-hydrogen) atoms. The minimum absolute atomic E-state index is 0.117. The van der Waals surface area contributed by atoms with Gasteiger partial charge in [0.1, 0.15) is 11.2 Å². The zero-order chi connectivity index (χ0) is 10.2. The molecule has 1 heterocycles. The molecule has 0 aromatic carbocycles. The predicted molar refractivity (Wildman–Crippen MR) is 52.6 cm³/mol. The number of hydrogen-bond acceptors (Lipinski definition) is 3. The molecular formula is C10H16O3S. The molecule has 4 heteroatoms. The average Bonchev–Trinajstić information content (AvgIpc) is 2.36. The molecule has 2 unspecified atom stereocenters. The highest BCUT2D eigenvalue weighted by atomic mass is 32.2. The van der Waals surface area contributed by atoms with Crippen LogP contribution in [0.5, 0.6) is 0 Å². The molecule has 3 nitrogen and oxygen atoms in total. The van der Waals surface area contributed by atoms with E-state index < -0.39 is 11.4 Å². The molecule has 4 fully saturated rings. The molecule has 0 N–H and O–H groups in total. The molecule has 4 rings (SSSR count). The van der Waals surface area contributed by atoms with Gasteiger partial charge in [0, 0.05) is 5.41 Å².